The highest BCUT2D eigenvalue weighted by molar-refractivity contribution is 9.10. The summed E-state index contributed by atoms with van der Waals surface area (Å²) in [5, 5.41) is 2.05. The molecule has 2 heterocycles. The Labute approximate surface area is 101 Å². The molecule has 4 heteroatoms. The van der Waals surface area contributed by atoms with Crippen LogP contribution in [0.3, 0.4) is 0 Å². The first kappa shape index (κ1) is 10.9. The number of halogens is 1. The highest BCUT2D eigenvalue weighted by Gasteiger charge is 2.11. The van der Waals surface area contributed by atoms with Crippen LogP contribution >= 0.6 is 27.3 Å². The third kappa shape index (κ3) is 2.71. The van der Waals surface area contributed by atoms with Crippen molar-refractivity contribution < 1.29 is 4.42 Å². The van der Waals surface area contributed by atoms with Gasteiger partial charge in [-0.15, -0.1) is 11.3 Å². The molecule has 2 nitrogen and oxygen atoms in total. The van der Waals surface area contributed by atoms with Gasteiger partial charge in [0.05, 0.1) is 6.26 Å². The number of nitrogens with two attached hydrogens (primary N) is 1. The van der Waals surface area contributed by atoms with Crippen molar-refractivity contribution in [2.45, 2.75) is 18.9 Å². The van der Waals surface area contributed by atoms with Gasteiger partial charge in [0.2, 0.25) is 0 Å². The van der Waals surface area contributed by atoms with Crippen molar-refractivity contribution in [2.75, 3.05) is 0 Å². The fourth-order valence-corrected chi connectivity index (χ4v) is 3.16. The molecule has 0 aliphatic rings. The Bertz CT molecular complexity index is 410. The van der Waals surface area contributed by atoms with E-state index in [-0.39, 0.29) is 6.04 Å². The maximum absolute atomic E-state index is 6.10. The zero-order valence-corrected chi connectivity index (χ0v) is 10.6. The summed E-state index contributed by atoms with van der Waals surface area (Å²) < 4.78 is 6.38. The summed E-state index contributed by atoms with van der Waals surface area (Å²) in [6, 6.07) is 6.01. The van der Waals surface area contributed by atoms with E-state index in [1.54, 1.807) is 17.6 Å². The van der Waals surface area contributed by atoms with Crippen molar-refractivity contribution in [2.24, 2.45) is 5.73 Å². The van der Waals surface area contributed by atoms with Gasteiger partial charge in [0.1, 0.15) is 5.76 Å². The molecule has 1 atom stereocenters. The zero-order valence-electron chi connectivity index (χ0n) is 8.15. The normalized spacial score (nSPS) is 12.9. The van der Waals surface area contributed by atoms with E-state index in [4.69, 9.17) is 10.2 Å². The summed E-state index contributed by atoms with van der Waals surface area (Å²) in [5.74, 6) is 0.998. The Morgan fingerprint density at radius 3 is 2.93 bits per heavy atom. The first-order chi connectivity index (χ1) is 7.27. The van der Waals surface area contributed by atoms with E-state index in [1.807, 2.05) is 23.6 Å². The molecule has 80 valence electrons. The van der Waals surface area contributed by atoms with Crippen LogP contribution in [0, 0.1) is 0 Å². The first-order valence-electron chi connectivity index (χ1n) is 4.78. The topological polar surface area (TPSA) is 39.2 Å². The quantitative estimate of drug-likeness (QED) is 0.930. The van der Waals surface area contributed by atoms with E-state index in [0.717, 1.165) is 23.1 Å². The van der Waals surface area contributed by atoms with Crippen molar-refractivity contribution in [3.05, 3.63) is 45.0 Å². The second-order valence-electron chi connectivity index (χ2n) is 3.36. The number of rotatable bonds is 4. The number of aryl methyl sites for hydroxylation is 1. The molecule has 0 saturated carbocycles. The smallest absolute Gasteiger partial charge is 0.103 e. The van der Waals surface area contributed by atoms with Gasteiger partial charge in [-0.3, -0.25) is 0 Å². The molecule has 0 spiro atoms. The maximum atomic E-state index is 6.10. The minimum absolute atomic E-state index is 0.0875. The molecule has 0 bridgehead atoms. The highest BCUT2D eigenvalue weighted by atomic mass is 79.9. The standard InChI is InChI=1S/C11H12BrNOS/c12-9-5-7-15-11(9)10(13)4-3-8-2-1-6-14-8/h1-2,5-7,10H,3-4,13H2. The van der Waals surface area contributed by atoms with Crippen LogP contribution in [0.4, 0.5) is 0 Å². The second kappa shape index (κ2) is 4.96. The number of hydrogen-bond acceptors (Lipinski definition) is 3. The largest absolute Gasteiger partial charge is 0.469 e. The summed E-state index contributed by atoms with van der Waals surface area (Å²) in [5.41, 5.74) is 6.10. The molecule has 2 aromatic heterocycles. The summed E-state index contributed by atoms with van der Waals surface area (Å²) >= 11 is 5.18. The monoisotopic (exact) mass is 285 g/mol. The average Bonchev–Trinajstić information content (AvgIpc) is 2.84. The maximum Gasteiger partial charge on any atom is 0.103 e. The van der Waals surface area contributed by atoms with E-state index in [1.165, 1.54) is 4.88 Å². The predicted molar refractivity (Wildman–Crippen MR) is 66.0 cm³/mol. The molecule has 15 heavy (non-hydrogen) atoms. The van der Waals surface area contributed by atoms with Gasteiger partial charge >= 0.3 is 0 Å². The van der Waals surface area contributed by atoms with Gasteiger partial charge in [-0.25, -0.2) is 0 Å². The van der Waals surface area contributed by atoms with Crippen LogP contribution in [0.5, 0.6) is 0 Å². The van der Waals surface area contributed by atoms with Crippen LogP contribution in [0.25, 0.3) is 0 Å². The molecule has 0 fully saturated rings. The van der Waals surface area contributed by atoms with Crippen molar-refractivity contribution >= 4 is 27.3 Å². The van der Waals surface area contributed by atoms with Crippen LogP contribution in [0.2, 0.25) is 0 Å². The molecule has 0 aliphatic heterocycles. The van der Waals surface area contributed by atoms with Gasteiger partial charge < -0.3 is 10.2 Å². The van der Waals surface area contributed by atoms with Crippen LogP contribution in [-0.4, -0.2) is 0 Å². The minimum Gasteiger partial charge on any atom is -0.469 e. The highest BCUT2D eigenvalue weighted by Crippen LogP contribution is 2.30. The first-order valence-corrected chi connectivity index (χ1v) is 6.45. The fraction of sp³-hybridized carbons (Fsp3) is 0.273. The van der Waals surface area contributed by atoms with Crippen LogP contribution in [-0.2, 0) is 6.42 Å². The third-order valence-corrected chi connectivity index (χ3v) is 4.27. The molecule has 0 radical (unpaired) electrons. The summed E-state index contributed by atoms with van der Waals surface area (Å²) in [6.07, 6.45) is 3.49. The van der Waals surface area contributed by atoms with E-state index in [2.05, 4.69) is 15.9 Å². The van der Waals surface area contributed by atoms with Gasteiger partial charge in [-0.1, -0.05) is 0 Å². The lowest BCUT2D eigenvalue weighted by molar-refractivity contribution is 0.489. The molecule has 0 aliphatic carbocycles. The molecular weight excluding hydrogens is 274 g/mol. The Morgan fingerprint density at radius 1 is 1.47 bits per heavy atom. The van der Waals surface area contributed by atoms with Crippen LogP contribution < -0.4 is 5.73 Å². The summed E-state index contributed by atoms with van der Waals surface area (Å²) in [7, 11) is 0. The molecule has 0 amide bonds. The number of furan rings is 1. The molecule has 2 aromatic rings. The third-order valence-electron chi connectivity index (χ3n) is 2.26. The van der Waals surface area contributed by atoms with Gasteiger partial charge in [-0.2, -0.15) is 0 Å². The Kier molecular flexibility index (Phi) is 3.61. The summed E-state index contributed by atoms with van der Waals surface area (Å²) in [6.45, 7) is 0. The minimum atomic E-state index is 0.0875. The molecule has 0 aromatic carbocycles. The van der Waals surface area contributed by atoms with E-state index >= 15 is 0 Å². The second-order valence-corrected chi connectivity index (χ2v) is 5.16. The number of thiophene rings is 1. The Morgan fingerprint density at radius 2 is 2.33 bits per heavy atom. The lowest BCUT2D eigenvalue weighted by atomic mass is 10.1. The zero-order chi connectivity index (χ0) is 10.7. The van der Waals surface area contributed by atoms with Crippen molar-refractivity contribution in [1.82, 2.24) is 0 Å². The van der Waals surface area contributed by atoms with E-state index in [9.17, 15) is 0 Å². The van der Waals surface area contributed by atoms with Crippen molar-refractivity contribution in [3.63, 3.8) is 0 Å². The van der Waals surface area contributed by atoms with Crippen LogP contribution in [0.15, 0.2) is 38.7 Å². The van der Waals surface area contributed by atoms with E-state index in [0.29, 0.717) is 0 Å². The van der Waals surface area contributed by atoms with Crippen molar-refractivity contribution in [1.29, 1.82) is 0 Å². The molecular formula is C11H12BrNOS. The fourth-order valence-electron chi connectivity index (χ4n) is 1.45. The lowest BCUT2D eigenvalue weighted by Gasteiger charge is -2.08. The van der Waals surface area contributed by atoms with E-state index < -0.39 is 0 Å². The lowest BCUT2D eigenvalue weighted by Crippen LogP contribution is -2.09. The SMILES string of the molecule is NC(CCc1ccco1)c1sccc1Br. The Balaban J connectivity index is 1.93. The molecule has 2 N–H and O–H groups in total. The molecule has 0 saturated heterocycles. The van der Waals surface area contributed by atoms with Gasteiger partial charge in [0, 0.05) is 21.8 Å². The van der Waals surface area contributed by atoms with Crippen molar-refractivity contribution in [3.8, 4) is 0 Å². The number of hydrogen-bond donors (Lipinski definition) is 1. The van der Waals surface area contributed by atoms with Gasteiger partial charge in [0.15, 0.2) is 0 Å². The Hall–Kier alpha value is -0.580. The average molecular weight is 286 g/mol. The predicted octanol–water partition coefficient (Wildman–Crippen LogP) is 3.74. The molecule has 2 rings (SSSR count). The molecule has 1 unspecified atom stereocenters. The summed E-state index contributed by atoms with van der Waals surface area (Å²) in [4.78, 5) is 1.21. The van der Waals surface area contributed by atoms with Crippen LogP contribution in [0.1, 0.15) is 23.1 Å². The van der Waals surface area contributed by atoms with Gasteiger partial charge in [-0.05, 0) is 45.9 Å². The van der Waals surface area contributed by atoms with Gasteiger partial charge in [0.25, 0.3) is 0 Å².